The average Bonchev–Trinajstić information content (AvgIpc) is 1.96. The van der Waals surface area contributed by atoms with Gasteiger partial charge in [0.05, 0.1) is 0 Å². The quantitative estimate of drug-likeness (QED) is 0.625. The first-order chi connectivity index (χ1) is 6.45. The minimum absolute atomic E-state index is 0.839. The van der Waals surface area contributed by atoms with Crippen LogP contribution in [0, 0.1) is 0 Å². The highest BCUT2D eigenvalue weighted by Gasteiger charge is 2.45. The van der Waals surface area contributed by atoms with E-state index in [2.05, 4.69) is 15.9 Å². The average molecular weight is 292 g/mol. The molecule has 0 aromatic heterocycles. The fraction of sp³-hybridized carbons (Fsp3) is 0.875. The number of alkyl halides is 4. The molecule has 2 N–H and O–H groups in total. The molecule has 0 aromatic rings. The van der Waals surface area contributed by atoms with E-state index in [4.69, 9.17) is 10.5 Å². The number of hydrogen-bond acceptors (Lipinski definition) is 3. The van der Waals surface area contributed by atoms with Crippen molar-refractivity contribution < 1.29 is 22.7 Å². The molecule has 0 saturated carbocycles. The first kappa shape index (κ1) is 14.7. The molecular weight excluding hydrogens is 279 g/mol. The summed E-state index contributed by atoms with van der Waals surface area (Å²) in [5.41, 5.74) is 4.00. The number of ether oxygens (including phenoxy) is 1. The van der Waals surface area contributed by atoms with Crippen molar-refractivity contribution in [1.29, 1.82) is 0 Å². The Morgan fingerprint density at radius 3 is 2.00 bits per heavy atom. The Bertz CT molecular complexity index is 237. The lowest BCUT2D eigenvalue weighted by atomic mass is 10.1. The maximum Gasteiger partial charge on any atom is 0.405 e. The van der Waals surface area contributed by atoms with Crippen LogP contribution in [0.1, 0.15) is 20.8 Å². The molecular formula is C8H13BrF3NO2. The standard InChI is InChI=1S/C8H13BrF3NO2/c1-7(2,3)15-6(14)4(9)5(13)8(10,11)12/h4-5H,13H2,1-3H3/t4-,5+/m1/s1. The van der Waals surface area contributed by atoms with Crippen LogP contribution < -0.4 is 5.73 Å². The summed E-state index contributed by atoms with van der Waals surface area (Å²) in [5, 5.41) is 0. The molecule has 0 spiro atoms. The van der Waals surface area contributed by atoms with Crippen LogP contribution in [0.5, 0.6) is 0 Å². The van der Waals surface area contributed by atoms with Gasteiger partial charge in [0, 0.05) is 0 Å². The molecule has 0 heterocycles. The molecule has 3 nitrogen and oxygen atoms in total. The van der Waals surface area contributed by atoms with Gasteiger partial charge in [0.15, 0.2) is 0 Å². The molecule has 0 saturated heterocycles. The smallest absolute Gasteiger partial charge is 0.405 e. The summed E-state index contributed by atoms with van der Waals surface area (Å²) in [7, 11) is 0. The van der Waals surface area contributed by atoms with Gasteiger partial charge in [-0.3, -0.25) is 4.79 Å². The van der Waals surface area contributed by atoms with Gasteiger partial charge in [0.1, 0.15) is 16.5 Å². The van der Waals surface area contributed by atoms with E-state index >= 15 is 0 Å². The van der Waals surface area contributed by atoms with Crippen LogP contribution in [0.15, 0.2) is 0 Å². The van der Waals surface area contributed by atoms with Gasteiger partial charge in [-0.2, -0.15) is 13.2 Å². The van der Waals surface area contributed by atoms with Gasteiger partial charge in [-0.25, -0.2) is 0 Å². The number of halogens is 4. The van der Waals surface area contributed by atoms with Gasteiger partial charge < -0.3 is 10.5 Å². The number of nitrogens with two attached hydrogens (primary N) is 1. The maximum atomic E-state index is 12.1. The van der Waals surface area contributed by atoms with Crippen molar-refractivity contribution in [3.8, 4) is 0 Å². The molecule has 0 aliphatic rings. The van der Waals surface area contributed by atoms with Crippen LogP contribution in [0.4, 0.5) is 13.2 Å². The van der Waals surface area contributed by atoms with Crippen LogP contribution in [0.3, 0.4) is 0 Å². The molecule has 15 heavy (non-hydrogen) atoms. The van der Waals surface area contributed by atoms with Gasteiger partial charge in [-0.15, -0.1) is 0 Å². The summed E-state index contributed by atoms with van der Waals surface area (Å²) in [6.45, 7) is 4.68. The summed E-state index contributed by atoms with van der Waals surface area (Å²) in [6.07, 6.45) is -4.63. The zero-order chi connectivity index (χ0) is 12.4. The van der Waals surface area contributed by atoms with Crippen molar-refractivity contribution in [3.05, 3.63) is 0 Å². The molecule has 7 heteroatoms. The number of hydrogen-bond donors (Lipinski definition) is 1. The summed E-state index contributed by atoms with van der Waals surface area (Å²) in [5.74, 6) is -1.02. The zero-order valence-corrected chi connectivity index (χ0v) is 10.1. The van der Waals surface area contributed by atoms with Crippen LogP contribution in [-0.4, -0.2) is 28.6 Å². The number of rotatable bonds is 2. The lowest BCUT2D eigenvalue weighted by Gasteiger charge is -2.25. The molecule has 0 aliphatic carbocycles. The van der Waals surface area contributed by atoms with Crippen molar-refractivity contribution in [2.75, 3.05) is 0 Å². The molecule has 0 amide bonds. The second-order valence-corrected chi connectivity index (χ2v) is 4.99. The minimum atomic E-state index is -4.63. The van der Waals surface area contributed by atoms with E-state index in [-0.39, 0.29) is 0 Å². The molecule has 0 radical (unpaired) electrons. The molecule has 0 aromatic carbocycles. The first-order valence-corrected chi connectivity index (χ1v) is 5.06. The number of carbonyl (C=O) groups excluding carboxylic acids is 1. The Balaban J connectivity index is 4.46. The Morgan fingerprint density at radius 2 is 1.73 bits per heavy atom. The third-order valence-electron chi connectivity index (χ3n) is 1.33. The van der Waals surface area contributed by atoms with E-state index in [1.165, 1.54) is 0 Å². The Kier molecular flexibility index (Phi) is 4.60. The monoisotopic (exact) mass is 291 g/mol. The highest BCUT2D eigenvalue weighted by molar-refractivity contribution is 9.10. The summed E-state index contributed by atoms with van der Waals surface area (Å²) in [4.78, 5) is 9.61. The van der Waals surface area contributed by atoms with Crippen molar-refractivity contribution >= 4 is 21.9 Å². The van der Waals surface area contributed by atoms with Gasteiger partial charge in [0.25, 0.3) is 0 Å². The Hall–Kier alpha value is -0.300. The third-order valence-corrected chi connectivity index (χ3v) is 2.27. The third kappa shape index (κ3) is 5.36. The predicted octanol–water partition coefficient (Wildman–Crippen LogP) is 1.98. The van der Waals surface area contributed by atoms with E-state index in [1.807, 2.05) is 0 Å². The Labute approximate surface area is 94.3 Å². The molecule has 0 bridgehead atoms. The van der Waals surface area contributed by atoms with Crippen LogP contribution in [-0.2, 0) is 9.53 Å². The minimum Gasteiger partial charge on any atom is -0.459 e. The van der Waals surface area contributed by atoms with Gasteiger partial charge in [-0.1, -0.05) is 15.9 Å². The van der Waals surface area contributed by atoms with E-state index < -0.39 is 28.6 Å². The van der Waals surface area contributed by atoms with Crippen molar-refractivity contribution in [1.82, 2.24) is 0 Å². The van der Waals surface area contributed by atoms with Crippen molar-refractivity contribution in [2.24, 2.45) is 5.73 Å². The van der Waals surface area contributed by atoms with Crippen LogP contribution in [0.2, 0.25) is 0 Å². The highest BCUT2D eigenvalue weighted by atomic mass is 79.9. The molecule has 0 fully saturated rings. The topological polar surface area (TPSA) is 52.3 Å². The molecule has 0 aliphatic heterocycles. The van der Waals surface area contributed by atoms with E-state index in [0.29, 0.717) is 0 Å². The maximum absolute atomic E-state index is 12.1. The van der Waals surface area contributed by atoms with Crippen molar-refractivity contribution in [2.45, 2.75) is 43.4 Å². The van der Waals surface area contributed by atoms with Crippen LogP contribution in [0.25, 0.3) is 0 Å². The van der Waals surface area contributed by atoms with E-state index in [1.54, 1.807) is 20.8 Å². The second-order valence-electron chi connectivity index (χ2n) is 4.00. The van der Waals surface area contributed by atoms with Gasteiger partial charge in [-0.05, 0) is 20.8 Å². The highest BCUT2D eigenvalue weighted by Crippen LogP contribution is 2.25. The number of esters is 1. The summed E-state index contributed by atoms with van der Waals surface area (Å²) < 4.78 is 41.1. The Morgan fingerprint density at radius 1 is 1.33 bits per heavy atom. The first-order valence-electron chi connectivity index (χ1n) is 4.14. The van der Waals surface area contributed by atoms with E-state index in [0.717, 1.165) is 0 Å². The van der Waals surface area contributed by atoms with Gasteiger partial charge in [0.2, 0.25) is 0 Å². The SMILES string of the molecule is CC(C)(C)OC(=O)[C@H](Br)[C@H](N)C(F)(F)F. The lowest BCUT2D eigenvalue weighted by Crippen LogP contribution is -2.49. The fourth-order valence-corrected chi connectivity index (χ4v) is 1.06. The molecule has 90 valence electrons. The van der Waals surface area contributed by atoms with Crippen molar-refractivity contribution in [3.63, 3.8) is 0 Å². The summed E-state index contributed by atoms with van der Waals surface area (Å²) >= 11 is 2.58. The zero-order valence-electron chi connectivity index (χ0n) is 8.56. The normalized spacial score (nSPS) is 17.1. The number of carbonyl (C=O) groups is 1. The fourth-order valence-electron chi connectivity index (χ4n) is 0.671. The lowest BCUT2D eigenvalue weighted by molar-refractivity contribution is -0.169. The largest absolute Gasteiger partial charge is 0.459 e. The molecule has 2 atom stereocenters. The van der Waals surface area contributed by atoms with E-state index in [9.17, 15) is 18.0 Å². The summed E-state index contributed by atoms with van der Waals surface area (Å²) in [6, 6.07) is -2.27. The molecule has 0 rings (SSSR count). The predicted molar refractivity (Wildman–Crippen MR) is 52.6 cm³/mol. The van der Waals surface area contributed by atoms with Gasteiger partial charge >= 0.3 is 12.1 Å². The molecule has 0 unspecified atom stereocenters. The van der Waals surface area contributed by atoms with Crippen LogP contribution >= 0.6 is 15.9 Å². The second kappa shape index (κ2) is 4.69.